The summed E-state index contributed by atoms with van der Waals surface area (Å²) in [5.41, 5.74) is 12.3. The van der Waals surface area contributed by atoms with E-state index in [0.717, 1.165) is 63.6 Å². The molecule has 1 aliphatic heterocycles. The third-order valence-corrected chi connectivity index (χ3v) is 6.90. The highest BCUT2D eigenvalue weighted by atomic mass is 15.1. The van der Waals surface area contributed by atoms with E-state index < -0.39 is 0 Å². The maximum Gasteiger partial charge on any atom is 0.0712 e. The van der Waals surface area contributed by atoms with E-state index in [-0.39, 0.29) is 0 Å². The zero-order valence-corrected chi connectivity index (χ0v) is 25.9. The van der Waals surface area contributed by atoms with E-state index in [1.54, 1.807) is 0 Å². The molecule has 212 valence electrons. The second kappa shape index (κ2) is 16.4. The number of likely N-dealkylation sites (N-methyl/N-ethyl adjacent to an activating group) is 1. The van der Waals surface area contributed by atoms with Crippen LogP contribution in [0, 0.1) is 13.8 Å². The predicted octanol–water partition coefficient (Wildman–Crippen LogP) is 10.4. The number of nitrogens with one attached hydrogen (secondary N) is 1. The van der Waals surface area contributed by atoms with Gasteiger partial charge in [0.15, 0.2) is 0 Å². The number of aliphatic imine (C=N–C) groups is 1. The molecule has 1 aliphatic rings. The topological polar surface area (TPSA) is 27.6 Å². The fraction of sp³-hybridized carbons (Fsp3) is 0.324. The lowest BCUT2D eigenvalue weighted by Crippen LogP contribution is -2.13. The normalized spacial score (nSPS) is 11.7. The molecule has 0 aliphatic carbocycles. The summed E-state index contributed by atoms with van der Waals surface area (Å²) >= 11 is 0. The standard InChI is InChI=1S/C31H33N3.C4H10.C2H6/c1-7-25-12-11-24(15-16-32-6)19-28(25)30-17-22(4)27-20-31(23(5)18-29(27)33-30)34(8-2)26-13-9-21(3)10-14-26;1-3-4-2;1-2/h7-14,18-20,32H,1-2,4,15-17H2,3,5-6H3;3-4H2,1-2H3;1-2H3. The molecule has 3 aromatic rings. The number of hydrogen-bond acceptors (Lipinski definition) is 3. The summed E-state index contributed by atoms with van der Waals surface area (Å²) < 4.78 is 0. The number of aryl methyl sites for hydroxylation is 2. The van der Waals surface area contributed by atoms with Crippen LogP contribution in [-0.2, 0) is 6.42 Å². The van der Waals surface area contributed by atoms with Crippen LogP contribution < -0.4 is 10.2 Å². The van der Waals surface area contributed by atoms with Crippen molar-refractivity contribution < 1.29 is 0 Å². The summed E-state index contributed by atoms with van der Waals surface area (Å²) in [4.78, 5) is 7.24. The van der Waals surface area contributed by atoms with Crippen molar-refractivity contribution in [1.29, 1.82) is 0 Å². The Labute approximate surface area is 244 Å². The molecular formula is C37H49N3. The second-order valence-corrected chi connectivity index (χ2v) is 9.86. The smallest absolute Gasteiger partial charge is 0.0712 e. The number of benzene rings is 3. The van der Waals surface area contributed by atoms with Gasteiger partial charge in [-0.05, 0) is 86.5 Å². The Morgan fingerprint density at radius 1 is 0.925 bits per heavy atom. The fourth-order valence-electron chi connectivity index (χ4n) is 4.46. The number of rotatable bonds is 9. The van der Waals surface area contributed by atoms with Crippen molar-refractivity contribution >= 4 is 34.4 Å². The molecule has 0 fully saturated rings. The van der Waals surface area contributed by atoms with Crippen LogP contribution in [0.5, 0.6) is 0 Å². The number of unbranched alkanes of at least 4 members (excludes halogenated alkanes) is 1. The van der Waals surface area contributed by atoms with Crippen LogP contribution >= 0.6 is 0 Å². The Morgan fingerprint density at radius 3 is 2.17 bits per heavy atom. The number of fused-ring (bicyclic) bond motifs is 1. The summed E-state index contributed by atoms with van der Waals surface area (Å²) in [6, 6.07) is 19.4. The molecule has 40 heavy (non-hydrogen) atoms. The lowest BCUT2D eigenvalue weighted by Gasteiger charge is -2.26. The largest absolute Gasteiger partial charge is 0.319 e. The first-order chi connectivity index (χ1) is 19.4. The van der Waals surface area contributed by atoms with Gasteiger partial charge in [-0.3, -0.25) is 4.99 Å². The van der Waals surface area contributed by atoms with Gasteiger partial charge >= 0.3 is 0 Å². The summed E-state index contributed by atoms with van der Waals surface area (Å²) in [7, 11) is 1.98. The van der Waals surface area contributed by atoms with E-state index in [9.17, 15) is 0 Å². The van der Waals surface area contributed by atoms with Crippen LogP contribution in [0.3, 0.4) is 0 Å². The monoisotopic (exact) mass is 535 g/mol. The van der Waals surface area contributed by atoms with E-state index >= 15 is 0 Å². The minimum absolute atomic E-state index is 0.713. The van der Waals surface area contributed by atoms with Crippen molar-refractivity contribution in [2.45, 2.75) is 67.2 Å². The maximum atomic E-state index is 5.12. The Balaban J connectivity index is 0.000000858. The number of anilines is 2. The average molecular weight is 536 g/mol. The molecule has 3 nitrogen and oxygen atoms in total. The van der Waals surface area contributed by atoms with Crippen molar-refractivity contribution in [3.63, 3.8) is 0 Å². The van der Waals surface area contributed by atoms with Gasteiger partial charge in [-0.2, -0.15) is 0 Å². The third kappa shape index (κ3) is 8.16. The van der Waals surface area contributed by atoms with E-state index in [4.69, 9.17) is 4.99 Å². The minimum Gasteiger partial charge on any atom is -0.319 e. The number of allylic oxidation sites excluding steroid dienone is 1. The Hall–Kier alpha value is -3.69. The van der Waals surface area contributed by atoms with Crippen LogP contribution in [-0.4, -0.2) is 19.3 Å². The van der Waals surface area contributed by atoms with Gasteiger partial charge in [0.05, 0.1) is 11.4 Å². The molecule has 0 amide bonds. The first kappa shape index (κ1) is 32.5. The van der Waals surface area contributed by atoms with Gasteiger partial charge in [-0.25, -0.2) is 0 Å². The van der Waals surface area contributed by atoms with Crippen LogP contribution in [0.15, 0.2) is 85.5 Å². The van der Waals surface area contributed by atoms with Crippen molar-refractivity contribution in [3.8, 4) is 0 Å². The molecule has 0 spiro atoms. The highest BCUT2D eigenvalue weighted by Gasteiger charge is 2.21. The lowest BCUT2D eigenvalue weighted by molar-refractivity contribution is 0.791. The zero-order valence-electron chi connectivity index (χ0n) is 25.9. The maximum absolute atomic E-state index is 5.12. The number of nitrogens with zero attached hydrogens (tertiary/aromatic N) is 2. The van der Waals surface area contributed by atoms with Gasteiger partial charge in [0, 0.05) is 35.1 Å². The first-order valence-electron chi connectivity index (χ1n) is 14.7. The summed E-state index contributed by atoms with van der Waals surface area (Å²) in [6.45, 7) is 26.1. The second-order valence-electron chi connectivity index (χ2n) is 9.86. The molecule has 1 heterocycles. The lowest BCUT2D eigenvalue weighted by atomic mass is 9.89. The molecule has 1 N–H and O–H groups in total. The molecule has 0 saturated heterocycles. The van der Waals surface area contributed by atoms with Crippen LogP contribution in [0.25, 0.3) is 11.6 Å². The highest BCUT2D eigenvalue weighted by Crippen LogP contribution is 2.41. The molecule has 0 aromatic heterocycles. The summed E-state index contributed by atoms with van der Waals surface area (Å²) in [5, 5.41) is 3.23. The van der Waals surface area contributed by atoms with Crippen molar-refractivity contribution in [1.82, 2.24) is 5.32 Å². The summed E-state index contributed by atoms with van der Waals surface area (Å²) in [5.74, 6) is 0. The van der Waals surface area contributed by atoms with Gasteiger partial charge in [0.1, 0.15) is 0 Å². The number of hydrogen-bond donors (Lipinski definition) is 1. The minimum atomic E-state index is 0.713. The van der Waals surface area contributed by atoms with Gasteiger partial charge in [-0.1, -0.05) is 96.2 Å². The van der Waals surface area contributed by atoms with Crippen molar-refractivity contribution in [2.24, 2.45) is 4.99 Å². The van der Waals surface area contributed by atoms with Crippen molar-refractivity contribution in [3.05, 3.63) is 114 Å². The van der Waals surface area contributed by atoms with Gasteiger partial charge < -0.3 is 10.2 Å². The summed E-state index contributed by atoms with van der Waals surface area (Å²) in [6.07, 6.45) is 8.11. The van der Waals surface area contributed by atoms with Gasteiger partial charge in [0.25, 0.3) is 0 Å². The van der Waals surface area contributed by atoms with E-state index in [0.29, 0.717) is 6.42 Å². The van der Waals surface area contributed by atoms with Crippen molar-refractivity contribution in [2.75, 3.05) is 18.5 Å². The molecule has 0 saturated carbocycles. The molecule has 0 radical (unpaired) electrons. The van der Waals surface area contributed by atoms with Gasteiger partial charge in [-0.15, -0.1) is 0 Å². The SMILES string of the molecule is C=Cc1ccc(CCNC)cc1C1=Nc2cc(C)c(N(C=C)c3ccc(C)cc3)cc2C(=C)C1.CC.CCCC. The quantitative estimate of drug-likeness (QED) is 0.295. The molecular weight excluding hydrogens is 486 g/mol. The average Bonchev–Trinajstić information content (AvgIpc) is 2.98. The Bertz CT molecular complexity index is 1310. The molecule has 3 heteroatoms. The Kier molecular flexibility index (Phi) is 13.4. The van der Waals surface area contributed by atoms with E-state index in [1.165, 1.54) is 24.0 Å². The van der Waals surface area contributed by atoms with Crippen LogP contribution in [0.4, 0.5) is 17.1 Å². The molecule has 0 bridgehead atoms. The fourth-order valence-corrected chi connectivity index (χ4v) is 4.46. The highest BCUT2D eigenvalue weighted by molar-refractivity contribution is 6.12. The molecule has 0 atom stereocenters. The van der Waals surface area contributed by atoms with Crippen LogP contribution in [0.1, 0.15) is 80.3 Å². The first-order valence-corrected chi connectivity index (χ1v) is 14.7. The third-order valence-electron chi connectivity index (χ3n) is 6.90. The molecule has 3 aromatic carbocycles. The van der Waals surface area contributed by atoms with E-state index in [2.05, 4.69) is 112 Å². The predicted molar refractivity (Wildman–Crippen MR) is 181 cm³/mol. The zero-order chi connectivity index (χ0) is 29.7. The molecule has 0 unspecified atom stereocenters. The molecule has 4 rings (SSSR count). The Morgan fingerprint density at radius 2 is 1.60 bits per heavy atom. The van der Waals surface area contributed by atoms with Crippen LogP contribution in [0.2, 0.25) is 0 Å². The van der Waals surface area contributed by atoms with Gasteiger partial charge in [0.2, 0.25) is 0 Å². The van der Waals surface area contributed by atoms with E-state index in [1.807, 2.05) is 33.2 Å².